The molecule has 2 heterocycles. The van der Waals surface area contributed by atoms with Crippen LogP contribution in [0.1, 0.15) is 16.1 Å². The number of carbonyl (C=O) groups is 2. The minimum atomic E-state index is -0.515. The first-order valence-corrected chi connectivity index (χ1v) is 10.4. The lowest BCUT2D eigenvalue weighted by atomic mass is 10.2. The molecule has 2 amide bonds. The van der Waals surface area contributed by atoms with Crippen molar-refractivity contribution in [3.8, 4) is 11.4 Å². The molecule has 0 bridgehead atoms. The van der Waals surface area contributed by atoms with Crippen molar-refractivity contribution >= 4 is 29.3 Å². The van der Waals surface area contributed by atoms with Crippen LogP contribution in [-0.2, 0) is 11.3 Å². The second kappa shape index (κ2) is 9.31. The second-order valence-electron chi connectivity index (χ2n) is 6.62. The number of nitrogens with zero attached hydrogens (tertiary/aromatic N) is 3. The Morgan fingerprint density at radius 1 is 1.00 bits per heavy atom. The molecule has 3 N–H and O–H groups in total. The number of rotatable bonds is 8. The third-order valence-corrected chi connectivity index (χ3v) is 5.40. The number of hydrogen-bond donors (Lipinski definition) is 2. The predicted molar refractivity (Wildman–Crippen MR) is 118 cm³/mol. The molecule has 156 valence electrons. The maximum Gasteiger partial charge on any atom is 0.248 e. The number of nitrogens with one attached hydrogen (secondary N) is 1. The lowest BCUT2D eigenvalue weighted by molar-refractivity contribution is -0.113. The number of hydrogen-bond acceptors (Lipinski definition) is 6. The van der Waals surface area contributed by atoms with E-state index in [2.05, 4.69) is 15.5 Å². The van der Waals surface area contributed by atoms with Crippen LogP contribution in [0, 0.1) is 0 Å². The summed E-state index contributed by atoms with van der Waals surface area (Å²) in [6.45, 7) is 0.447. The molecule has 9 heteroatoms. The monoisotopic (exact) mass is 433 g/mol. The first-order chi connectivity index (χ1) is 15.1. The zero-order valence-electron chi connectivity index (χ0n) is 16.4. The fraction of sp³-hybridized carbons (Fsp3) is 0.0909. The standard InChI is InChI=1S/C22H19N5O3S/c23-20(29)15-8-10-17(11-9-15)24-19(28)14-31-22-26-25-21(16-5-2-1-3-6-16)27(22)13-18-7-4-12-30-18/h1-12H,13-14H2,(H2,23,29)(H,24,28). The van der Waals surface area contributed by atoms with Crippen molar-refractivity contribution in [1.82, 2.24) is 14.8 Å². The van der Waals surface area contributed by atoms with Gasteiger partial charge >= 0.3 is 0 Å². The summed E-state index contributed by atoms with van der Waals surface area (Å²) in [6.07, 6.45) is 1.62. The molecule has 8 nitrogen and oxygen atoms in total. The molecule has 2 aromatic heterocycles. The summed E-state index contributed by atoms with van der Waals surface area (Å²) >= 11 is 1.28. The number of nitrogens with two attached hydrogens (primary N) is 1. The van der Waals surface area contributed by atoms with E-state index in [-0.39, 0.29) is 11.7 Å². The lowest BCUT2D eigenvalue weighted by Gasteiger charge is -2.09. The topological polar surface area (TPSA) is 116 Å². The van der Waals surface area contributed by atoms with Crippen molar-refractivity contribution in [3.05, 3.63) is 84.3 Å². The fourth-order valence-corrected chi connectivity index (χ4v) is 3.68. The molecule has 0 fully saturated rings. The average molecular weight is 433 g/mol. The van der Waals surface area contributed by atoms with Crippen LogP contribution in [0.3, 0.4) is 0 Å². The SMILES string of the molecule is NC(=O)c1ccc(NC(=O)CSc2nnc(-c3ccccc3)n2Cc2ccco2)cc1. The van der Waals surface area contributed by atoms with Crippen LogP contribution in [0.15, 0.2) is 82.6 Å². The number of thioether (sulfide) groups is 1. The van der Waals surface area contributed by atoms with E-state index in [4.69, 9.17) is 10.2 Å². The molecule has 0 saturated heterocycles. The fourth-order valence-electron chi connectivity index (χ4n) is 2.94. The highest BCUT2D eigenvalue weighted by Gasteiger charge is 2.17. The van der Waals surface area contributed by atoms with Gasteiger partial charge in [-0.15, -0.1) is 10.2 Å². The van der Waals surface area contributed by atoms with E-state index in [1.807, 2.05) is 47.0 Å². The second-order valence-corrected chi connectivity index (χ2v) is 7.56. The zero-order chi connectivity index (χ0) is 21.6. The van der Waals surface area contributed by atoms with Gasteiger partial charge in [0.05, 0.1) is 18.6 Å². The molecule has 0 aliphatic heterocycles. The molecule has 0 saturated carbocycles. The van der Waals surface area contributed by atoms with Crippen LogP contribution in [0.4, 0.5) is 5.69 Å². The van der Waals surface area contributed by atoms with Crippen LogP contribution in [0.5, 0.6) is 0 Å². The van der Waals surface area contributed by atoms with Gasteiger partial charge < -0.3 is 15.5 Å². The van der Waals surface area contributed by atoms with Gasteiger partial charge in [0.1, 0.15) is 5.76 Å². The van der Waals surface area contributed by atoms with E-state index in [0.717, 1.165) is 11.3 Å². The highest BCUT2D eigenvalue weighted by Crippen LogP contribution is 2.25. The van der Waals surface area contributed by atoms with Crippen LogP contribution < -0.4 is 11.1 Å². The van der Waals surface area contributed by atoms with Crippen LogP contribution in [0.2, 0.25) is 0 Å². The number of furan rings is 1. The Kier molecular flexibility index (Phi) is 6.13. The number of aromatic nitrogens is 3. The molecule has 2 aromatic carbocycles. The van der Waals surface area contributed by atoms with Crippen molar-refractivity contribution < 1.29 is 14.0 Å². The van der Waals surface area contributed by atoms with E-state index < -0.39 is 5.91 Å². The summed E-state index contributed by atoms with van der Waals surface area (Å²) in [4.78, 5) is 23.6. The van der Waals surface area contributed by atoms with E-state index in [1.54, 1.807) is 30.5 Å². The molecule has 0 unspecified atom stereocenters. The van der Waals surface area contributed by atoms with Gasteiger partial charge in [-0.05, 0) is 36.4 Å². The Labute approximate surface area is 182 Å². The van der Waals surface area contributed by atoms with Gasteiger partial charge in [0.25, 0.3) is 0 Å². The van der Waals surface area contributed by atoms with Crippen LogP contribution in [-0.4, -0.2) is 32.3 Å². The van der Waals surface area contributed by atoms with Gasteiger partial charge in [0, 0.05) is 16.8 Å². The van der Waals surface area contributed by atoms with Crippen molar-refractivity contribution in [3.63, 3.8) is 0 Å². The largest absolute Gasteiger partial charge is 0.467 e. The summed E-state index contributed by atoms with van der Waals surface area (Å²) in [7, 11) is 0. The quantitative estimate of drug-likeness (QED) is 0.411. The molecule has 0 aliphatic carbocycles. The number of primary amides is 1. The summed E-state index contributed by atoms with van der Waals surface area (Å²) < 4.78 is 7.41. The normalized spacial score (nSPS) is 10.7. The van der Waals surface area contributed by atoms with Gasteiger partial charge in [-0.25, -0.2) is 0 Å². The minimum absolute atomic E-state index is 0.142. The number of carbonyl (C=O) groups excluding carboxylic acids is 2. The number of amides is 2. The highest BCUT2D eigenvalue weighted by atomic mass is 32.2. The highest BCUT2D eigenvalue weighted by molar-refractivity contribution is 7.99. The van der Waals surface area contributed by atoms with Crippen molar-refractivity contribution in [2.75, 3.05) is 11.1 Å². The summed E-state index contributed by atoms with van der Waals surface area (Å²) in [5.41, 5.74) is 7.12. The number of benzene rings is 2. The Balaban J connectivity index is 1.48. The molecule has 4 rings (SSSR count). The van der Waals surface area contributed by atoms with Gasteiger partial charge in [0.2, 0.25) is 11.8 Å². The maximum absolute atomic E-state index is 12.4. The maximum atomic E-state index is 12.4. The minimum Gasteiger partial charge on any atom is -0.467 e. The zero-order valence-corrected chi connectivity index (χ0v) is 17.2. The molecule has 0 aliphatic rings. The average Bonchev–Trinajstić information content (AvgIpc) is 3.44. The van der Waals surface area contributed by atoms with Gasteiger partial charge in [0.15, 0.2) is 11.0 Å². The summed E-state index contributed by atoms with van der Waals surface area (Å²) in [5, 5.41) is 12.0. The van der Waals surface area contributed by atoms with Crippen molar-refractivity contribution in [2.24, 2.45) is 5.73 Å². The Bertz CT molecular complexity index is 1170. The van der Waals surface area contributed by atoms with E-state index in [0.29, 0.717) is 28.8 Å². The van der Waals surface area contributed by atoms with E-state index in [9.17, 15) is 9.59 Å². The predicted octanol–water partition coefficient (Wildman–Crippen LogP) is 3.42. The summed E-state index contributed by atoms with van der Waals surface area (Å²) in [6, 6.07) is 19.8. The van der Waals surface area contributed by atoms with Crippen molar-refractivity contribution in [1.29, 1.82) is 0 Å². The Morgan fingerprint density at radius 2 is 1.77 bits per heavy atom. The van der Waals surface area contributed by atoms with E-state index in [1.165, 1.54) is 11.8 Å². The van der Waals surface area contributed by atoms with Crippen LogP contribution >= 0.6 is 11.8 Å². The van der Waals surface area contributed by atoms with E-state index >= 15 is 0 Å². The molecular weight excluding hydrogens is 414 g/mol. The third kappa shape index (κ3) is 5.01. The smallest absolute Gasteiger partial charge is 0.248 e. The van der Waals surface area contributed by atoms with Gasteiger partial charge in [-0.3, -0.25) is 14.2 Å². The third-order valence-electron chi connectivity index (χ3n) is 4.43. The molecular formula is C22H19N5O3S. The molecule has 0 atom stereocenters. The molecule has 0 spiro atoms. The Hall–Kier alpha value is -3.85. The van der Waals surface area contributed by atoms with Gasteiger partial charge in [-0.1, -0.05) is 42.1 Å². The Morgan fingerprint density at radius 3 is 2.45 bits per heavy atom. The van der Waals surface area contributed by atoms with Crippen LogP contribution in [0.25, 0.3) is 11.4 Å². The first kappa shape index (κ1) is 20.4. The molecule has 31 heavy (non-hydrogen) atoms. The summed E-state index contributed by atoms with van der Waals surface area (Å²) in [5.74, 6) is 0.881. The lowest BCUT2D eigenvalue weighted by Crippen LogP contribution is -2.15. The number of anilines is 1. The first-order valence-electron chi connectivity index (χ1n) is 9.43. The van der Waals surface area contributed by atoms with Gasteiger partial charge in [-0.2, -0.15) is 0 Å². The molecule has 0 radical (unpaired) electrons. The molecule has 4 aromatic rings. The van der Waals surface area contributed by atoms with Crippen molar-refractivity contribution in [2.45, 2.75) is 11.7 Å².